The zero-order chi connectivity index (χ0) is 15.4. The van der Waals surface area contributed by atoms with Crippen molar-refractivity contribution in [2.45, 2.75) is 0 Å². The van der Waals surface area contributed by atoms with Crippen LogP contribution < -0.4 is 10.6 Å². The lowest BCUT2D eigenvalue weighted by Gasteiger charge is -2.08. The first-order valence-electron chi connectivity index (χ1n) is 5.89. The van der Waals surface area contributed by atoms with Gasteiger partial charge in [0.25, 0.3) is 0 Å². The van der Waals surface area contributed by atoms with Crippen LogP contribution in [0.15, 0.2) is 36.4 Å². The molecule has 2 aromatic carbocycles. The van der Waals surface area contributed by atoms with Crippen LogP contribution in [0.3, 0.4) is 0 Å². The largest absolute Gasteiger partial charge is 0.376 e. The van der Waals surface area contributed by atoms with Crippen LogP contribution in [0.1, 0.15) is 0 Å². The number of halogens is 4. The first-order valence-corrected chi connectivity index (χ1v) is 6.27. The van der Waals surface area contributed by atoms with Crippen molar-refractivity contribution in [1.29, 1.82) is 0 Å². The fraction of sp³-hybridized carbons (Fsp3) is 0.0714. The molecule has 7 heteroatoms. The van der Waals surface area contributed by atoms with E-state index in [4.69, 9.17) is 11.6 Å². The second-order valence-electron chi connectivity index (χ2n) is 4.16. The van der Waals surface area contributed by atoms with Crippen LogP contribution in [0, 0.1) is 17.5 Å². The van der Waals surface area contributed by atoms with Gasteiger partial charge in [-0.3, -0.25) is 4.79 Å². The van der Waals surface area contributed by atoms with E-state index < -0.39 is 23.4 Å². The molecule has 2 aromatic rings. The molecule has 0 aliphatic rings. The van der Waals surface area contributed by atoms with Gasteiger partial charge in [0, 0.05) is 17.4 Å². The fourth-order valence-electron chi connectivity index (χ4n) is 1.57. The van der Waals surface area contributed by atoms with Gasteiger partial charge in [0.1, 0.15) is 5.82 Å². The number of hydrogen-bond donors (Lipinski definition) is 2. The molecule has 2 N–H and O–H groups in total. The van der Waals surface area contributed by atoms with Crippen LogP contribution in [0.2, 0.25) is 5.02 Å². The number of hydrogen-bond acceptors (Lipinski definition) is 2. The van der Waals surface area contributed by atoms with Crippen LogP contribution >= 0.6 is 11.6 Å². The second kappa shape index (κ2) is 6.49. The van der Waals surface area contributed by atoms with Gasteiger partial charge in [0.15, 0.2) is 11.6 Å². The van der Waals surface area contributed by atoms with Crippen molar-refractivity contribution in [1.82, 2.24) is 0 Å². The van der Waals surface area contributed by atoms with Crippen molar-refractivity contribution in [3.05, 3.63) is 58.9 Å². The maximum absolute atomic E-state index is 13.0. The highest BCUT2D eigenvalue weighted by atomic mass is 35.5. The maximum Gasteiger partial charge on any atom is 0.243 e. The van der Waals surface area contributed by atoms with Gasteiger partial charge in [0.05, 0.1) is 11.6 Å². The molecule has 0 heterocycles. The van der Waals surface area contributed by atoms with E-state index in [1.165, 1.54) is 18.2 Å². The molecular weight excluding hydrogens is 305 g/mol. The van der Waals surface area contributed by atoms with E-state index in [-0.39, 0.29) is 17.3 Å². The topological polar surface area (TPSA) is 41.1 Å². The monoisotopic (exact) mass is 314 g/mol. The summed E-state index contributed by atoms with van der Waals surface area (Å²) in [7, 11) is 0. The third kappa shape index (κ3) is 4.13. The molecule has 0 aliphatic carbocycles. The minimum absolute atomic E-state index is 0.0685. The van der Waals surface area contributed by atoms with Gasteiger partial charge in [-0.15, -0.1) is 0 Å². The summed E-state index contributed by atoms with van der Waals surface area (Å²) in [5, 5.41) is 5.05. The number of carbonyl (C=O) groups is 1. The lowest BCUT2D eigenvalue weighted by atomic mass is 10.3. The Morgan fingerprint density at radius 3 is 2.29 bits per heavy atom. The molecule has 0 fully saturated rings. The molecule has 0 spiro atoms. The Kier molecular flexibility index (Phi) is 4.70. The highest BCUT2D eigenvalue weighted by molar-refractivity contribution is 6.31. The average molecular weight is 315 g/mol. The van der Waals surface area contributed by atoms with Crippen LogP contribution in [0.25, 0.3) is 0 Å². The number of anilines is 2. The first kappa shape index (κ1) is 15.2. The predicted octanol–water partition coefficient (Wildman–Crippen LogP) is 3.81. The van der Waals surface area contributed by atoms with Crippen molar-refractivity contribution >= 4 is 28.9 Å². The molecular formula is C14H10ClF3N2O. The van der Waals surface area contributed by atoms with Crippen LogP contribution in [0.5, 0.6) is 0 Å². The smallest absolute Gasteiger partial charge is 0.243 e. The van der Waals surface area contributed by atoms with E-state index in [0.717, 1.165) is 18.2 Å². The Morgan fingerprint density at radius 2 is 1.62 bits per heavy atom. The quantitative estimate of drug-likeness (QED) is 0.901. The van der Waals surface area contributed by atoms with Crippen LogP contribution in [-0.4, -0.2) is 12.5 Å². The van der Waals surface area contributed by atoms with Gasteiger partial charge in [0.2, 0.25) is 5.91 Å². The van der Waals surface area contributed by atoms with Gasteiger partial charge in [-0.1, -0.05) is 11.6 Å². The molecule has 0 saturated carbocycles. The van der Waals surface area contributed by atoms with E-state index in [9.17, 15) is 18.0 Å². The molecule has 0 saturated heterocycles. The van der Waals surface area contributed by atoms with Crippen LogP contribution in [-0.2, 0) is 4.79 Å². The summed E-state index contributed by atoms with van der Waals surface area (Å²) < 4.78 is 38.7. The third-order valence-electron chi connectivity index (χ3n) is 2.58. The molecule has 0 aromatic heterocycles. The Balaban J connectivity index is 1.92. The van der Waals surface area contributed by atoms with E-state index in [2.05, 4.69) is 10.6 Å². The standard InChI is InChI=1S/C14H10ClF3N2O/c15-10-5-8(1-3-11(10)16)19-7-14(21)20-9-2-4-12(17)13(18)6-9/h1-6,19H,7H2,(H,20,21). The van der Waals surface area contributed by atoms with Gasteiger partial charge in [-0.25, -0.2) is 13.2 Å². The average Bonchev–Trinajstić information content (AvgIpc) is 2.44. The predicted molar refractivity (Wildman–Crippen MR) is 74.9 cm³/mol. The molecule has 21 heavy (non-hydrogen) atoms. The van der Waals surface area contributed by atoms with E-state index >= 15 is 0 Å². The Bertz CT molecular complexity index is 679. The van der Waals surface area contributed by atoms with Gasteiger partial charge >= 0.3 is 0 Å². The normalized spacial score (nSPS) is 10.3. The highest BCUT2D eigenvalue weighted by Gasteiger charge is 2.07. The SMILES string of the molecule is O=C(CNc1ccc(F)c(Cl)c1)Nc1ccc(F)c(F)c1. The second-order valence-corrected chi connectivity index (χ2v) is 4.57. The zero-order valence-electron chi connectivity index (χ0n) is 10.6. The van der Waals surface area contributed by atoms with Gasteiger partial charge in [-0.2, -0.15) is 0 Å². The number of amides is 1. The summed E-state index contributed by atoms with van der Waals surface area (Å²) in [6, 6.07) is 6.96. The number of benzene rings is 2. The molecule has 0 unspecified atom stereocenters. The number of carbonyl (C=O) groups excluding carboxylic acids is 1. The van der Waals surface area contributed by atoms with Crippen molar-refractivity contribution in [2.75, 3.05) is 17.2 Å². The summed E-state index contributed by atoms with van der Waals surface area (Å²) in [5.41, 5.74) is 0.597. The summed E-state index contributed by atoms with van der Waals surface area (Å²) in [4.78, 5) is 11.6. The Hall–Kier alpha value is -2.21. The van der Waals surface area contributed by atoms with Gasteiger partial charge < -0.3 is 10.6 Å². The van der Waals surface area contributed by atoms with Crippen molar-refractivity contribution in [3.63, 3.8) is 0 Å². The van der Waals surface area contributed by atoms with Crippen molar-refractivity contribution in [2.24, 2.45) is 0 Å². The molecule has 2 rings (SSSR count). The number of rotatable bonds is 4. The molecule has 3 nitrogen and oxygen atoms in total. The molecule has 0 atom stereocenters. The minimum Gasteiger partial charge on any atom is -0.376 e. The zero-order valence-corrected chi connectivity index (χ0v) is 11.3. The van der Waals surface area contributed by atoms with Crippen molar-refractivity contribution < 1.29 is 18.0 Å². The molecule has 0 bridgehead atoms. The third-order valence-corrected chi connectivity index (χ3v) is 2.87. The lowest BCUT2D eigenvalue weighted by Crippen LogP contribution is -2.21. The summed E-state index contributed by atoms with van der Waals surface area (Å²) in [6.45, 7) is -0.138. The van der Waals surface area contributed by atoms with E-state index in [0.29, 0.717) is 5.69 Å². The Morgan fingerprint density at radius 1 is 0.952 bits per heavy atom. The molecule has 0 aliphatic heterocycles. The molecule has 0 radical (unpaired) electrons. The minimum atomic E-state index is -1.05. The Labute approximate surface area is 123 Å². The highest BCUT2D eigenvalue weighted by Crippen LogP contribution is 2.19. The summed E-state index contributed by atoms with van der Waals surface area (Å²) >= 11 is 5.60. The van der Waals surface area contributed by atoms with E-state index in [1.54, 1.807) is 0 Å². The fourth-order valence-corrected chi connectivity index (χ4v) is 1.75. The number of nitrogens with one attached hydrogen (secondary N) is 2. The summed E-state index contributed by atoms with van der Waals surface area (Å²) in [6.07, 6.45) is 0. The lowest BCUT2D eigenvalue weighted by molar-refractivity contribution is -0.114. The van der Waals surface area contributed by atoms with E-state index in [1.807, 2.05) is 0 Å². The van der Waals surface area contributed by atoms with Crippen molar-refractivity contribution in [3.8, 4) is 0 Å². The molecule has 110 valence electrons. The maximum atomic E-state index is 13.0. The van der Waals surface area contributed by atoms with Crippen LogP contribution in [0.4, 0.5) is 24.5 Å². The summed E-state index contributed by atoms with van der Waals surface area (Å²) in [5.74, 6) is -3.08. The van der Waals surface area contributed by atoms with Gasteiger partial charge in [-0.05, 0) is 30.3 Å². The first-order chi connectivity index (χ1) is 9.95. The molecule has 1 amide bonds.